The van der Waals surface area contributed by atoms with E-state index in [1.54, 1.807) is 11.3 Å². The number of rotatable bonds is 3. The van der Waals surface area contributed by atoms with Crippen LogP contribution in [0, 0.1) is 5.41 Å². The van der Waals surface area contributed by atoms with Gasteiger partial charge in [-0.05, 0) is 36.5 Å². The fourth-order valence-corrected chi connectivity index (χ4v) is 4.99. The normalized spacial score (nSPS) is 25.4. The highest BCUT2D eigenvalue weighted by Gasteiger charge is 2.47. The lowest BCUT2D eigenvalue weighted by Gasteiger charge is -2.24. The van der Waals surface area contributed by atoms with Gasteiger partial charge in [-0.25, -0.2) is 0 Å². The van der Waals surface area contributed by atoms with Gasteiger partial charge < -0.3 is 14.4 Å². The number of carbonyl (C=O) groups is 1. The van der Waals surface area contributed by atoms with E-state index >= 15 is 0 Å². The van der Waals surface area contributed by atoms with Crippen molar-refractivity contribution in [3.05, 3.63) is 40.6 Å². The van der Waals surface area contributed by atoms with Crippen molar-refractivity contribution in [2.24, 2.45) is 5.41 Å². The van der Waals surface area contributed by atoms with Gasteiger partial charge in [0.15, 0.2) is 11.5 Å². The van der Waals surface area contributed by atoms with Gasteiger partial charge in [-0.3, -0.25) is 9.69 Å². The number of benzene rings is 1. The van der Waals surface area contributed by atoms with Crippen LogP contribution in [0.1, 0.15) is 17.7 Å². The van der Waals surface area contributed by atoms with E-state index in [1.165, 1.54) is 4.88 Å². The van der Waals surface area contributed by atoms with Gasteiger partial charge in [0.05, 0.1) is 0 Å². The van der Waals surface area contributed by atoms with Crippen molar-refractivity contribution in [3.8, 4) is 11.5 Å². The van der Waals surface area contributed by atoms with E-state index in [0.29, 0.717) is 6.42 Å². The van der Waals surface area contributed by atoms with E-state index in [2.05, 4.69) is 22.4 Å². The Morgan fingerprint density at radius 2 is 2.08 bits per heavy atom. The minimum atomic E-state index is 0.0880. The maximum Gasteiger partial charge on any atom is 0.231 e. The standard InChI is InChI=1S/C19H20N2O3S/c22-18-9-19(5-6-20(11-19)10-15-2-1-7-25-15)12-21(18)14-3-4-16-17(8-14)24-13-23-16/h1-4,7-8H,5-6,9-13H2/t19-/m0/s1. The molecule has 0 bridgehead atoms. The third kappa shape index (κ3) is 2.69. The minimum Gasteiger partial charge on any atom is -0.454 e. The van der Waals surface area contributed by atoms with Gasteiger partial charge in [0.25, 0.3) is 0 Å². The smallest absolute Gasteiger partial charge is 0.231 e. The van der Waals surface area contributed by atoms with E-state index in [9.17, 15) is 4.79 Å². The molecule has 25 heavy (non-hydrogen) atoms. The molecule has 0 N–H and O–H groups in total. The van der Waals surface area contributed by atoms with Gasteiger partial charge in [0.1, 0.15) is 0 Å². The predicted molar refractivity (Wildman–Crippen MR) is 96.2 cm³/mol. The van der Waals surface area contributed by atoms with Crippen LogP contribution in [0.2, 0.25) is 0 Å². The first-order chi connectivity index (χ1) is 12.2. The number of thiophene rings is 1. The molecular weight excluding hydrogens is 336 g/mol. The van der Waals surface area contributed by atoms with Crippen LogP contribution in [0.15, 0.2) is 35.7 Å². The molecule has 2 aromatic rings. The minimum absolute atomic E-state index is 0.0880. The van der Waals surface area contributed by atoms with Gasteiger partial charge in [-0.15, -0.1) is 11.3 Å². The van der Waals surface area contributed by atoms with Gasteiger partial charge in [-0.2, -0.15) is 0 Å². The molecule has 4 heterocycles. The summed E-state index contributed by atoms with van der Waals surface area (Å²) in [6, 6.07) is 10.1. The molecule has 1 spiro atoms. The monoisotopic (exact) mass is 356 g/mol. The second-order valence-electron chi connectivity index (χ2n) is 7.23. The lowest BCUT2D eigenvalue weighted by Crippen LogP contribution is -2.31. The SMILES string of the molecule is O=C1C[C@]2(CCN(Cc3cccs3)C2)CN1c1ccc2c(c1)OCO2. The molecule has 1 atom stereocenters. The Kier molecular flexibility index (Phi) is 3.50. The van der Waals surface area contributed by atoms with Crippen molar-refractivity contribution in [1.29, 1.82) is 0 Å². The fraction of sp³-hybridized carbons (Fsp3) is 0.421. The summed E-state index contributed by atoms with van der Waals surface area (Å²) < 4.78 is 10.8. The molecule has 1 aromatic carbocycles. The van der Waals surface area contributed by atoms with Crippen molar-refractivity contribution in [2.75, 3.05) is 31.3 Å². The van der Waals surface area contributed by atoms with Crippen LogP contribution >= 0.6 is 11.3 Å². The van der Waals surface area contributed by atoms with Crippen LogP contribution in [0.25, 0.3) is 0 Å². The lowest BCUT2D eigenvalue weighted by molar-refractivity contribution is -0.117. The molecule has 1 aromatic heterocycles. The lowest BCUT2D eigenvalue weighted by atomic mass is 9.86. The number of hydrogen-bond acceptors (Lipinski definition) is 5. The van der Waals surface area contributed by atoms with E-state index in [4.69, 9.17) is 9.47 Å². The third-order valence-electron chi connectivity index (χ3n) is 5.47. The molecule has 5 rings (SSSR count). The topological polar surface area (TPSA) is 42.0 Å². The Labute approximate surface area is 150 Å². The molecule has 3 aliphatic rings. The number of amides is 1. The molecule has 1 amide bonds. The number of anilines is 1. The Hall–Kier alpha value is -2.05. The number of hydrogen-bond donors (Lipinski definition) is 0. The molecule has 2 fully saturated rings. The Bertz CT molecular complexity index is 807. The molecule has 0 radical (unpaired) electrons. The largest absolute Gasteiger partial charge is 0.454 e. The molecule has 0 saturated carbocycles. The highest BCUT2D eigenvalue weighted by molar-refractivity contribution is 7.09. The zero-order valence-corrected chi connectivity index (χ0v) is 14.8. The average molecular weight is 356 g/mol. The Balaban J connectivity index is 1.32. The Morgan fingerprint density at radius 3 is 2.96 bits per heavy atom. The van der Waals surface area contributed by atoms with Crippen LogP contribution in [-0.2, 0) is 11.3 Å². The summed E-state index contributed by atoms with van der Waals surface area (Å²) in [6.07, 6.45) is 1.73. The summed E-state index contributed by atoms with van der Waals surface area (Å²) in [6.45, 7) is 4.12. The number of ether oxygens (including phenoxy) is 2. The molecule has 2 saturated heterocycles. The number of nitrogens with zero attached hydrogens (tertiary/aromatic N) is 2. The van der Waals surface area contributed by atoms with Crippen LogP contribution in [0.5, 0.6) is 11.5 Å². The van der Waals surface area contributed by atoms with Gasteiger partial charge in [-0.1, -0.05) is 6.07 Å². The average Bonchev–Trinajstić information content (AvgIpc) is 3.37. The van der Waals surface area contributed by atoms with E-state index < -0.39 is 0 Å². The zero-order valence-electron chi connectivity index (χ0n) is 13.9. The zero-order chi connectivity index (χ0) is 16.9. The summed E-state index contributed by atoms with van der Waals surface area (Å²) in [4.78, 5) is 18.5. The second kappa shape index (κ2) is 5.75. The molecule has 130 valence electrons. The van der Waals surface area contributed by atoms with Gasteiger partial charge in [0, 0.05) is 48.1 Å². The van der Waals surface area contributed by atoms with E-state index in [-0.39, 0.29) is 18.1 Å². The Morgan fingerprint density at radius 1 is 1.16 bits per heavy atom. The molecule has 0 unspecified atom stereocenters. The highest BCUT2D eigenvalue weighted by Crippen LogP contribution is 2.44. The highest BCUT2D eigenvalue weighted by atomic mass is 32.1. The van der Waals surface area contributed by atoms with Crippen molar-refractivity contribution in [1.82, 2.24) is 4.90 Å². The molecule has 6 heteroatoms. The molecule has 5 nitrogen and oxygen atoms in total. The van der Waals surface area contributed by atoms with Crippen molar-refractivity contribution in [3.63, 3.8) is 0 Å². The van der Waals surface area contributed by atoms with Crippen molar-refractivity contribution in [2.45, 2.75) is 19.4 Å². The van der Waals surface area contributed by atoms with Crippen LogP contribution in [0.4, 0.5) is 5.69 Å². The first-order valence-corrected chi connectivity index (χ1v) is 9.54. The van der Waals surface area contributed by atoms with Crippen LogP contribution < -0.4 is 14.4 Å². The van der Waals surface area contributed by atoms with Crippen molar-refractivity contribution >= 4 is 22.9 Å². The number of fused-ring (bicyclic) bond motifs is 1. The quantitative estimate of drug-likeness (QED) is 0.847. The van der Waals surface area contributed by atoms with Gasteiger partial charge in [0.2, 0.25) is 12.7 Å². The van der Waals surface area contributed by atoms with E-state index in [0.717, 1.165) is 49.8 Å². The summed E-state index contributed by atoms with van der Waals surface area (Å²) in [5, 5.41) is 2.13. The maximum absolute atomic E-state index is 12.7. The molecular formula is C19H20N2O3S. The van der Waals surface area contributed by atoms with Crippen molar-refractivity contribution < 1.29 is 14.3 Å². The van der Waals surface area contributed by atoms with E-state index in [1.807, 2.05) is 23.1 Å². The maximum atomic E-state index is 12.7. The first-order valence-electron chi connectivity index (χ1n) is 8.66. The summed E-state index contributed by atoms with van der Waals surface area (Å²) in [7, 11) is 0. The second-order valence-corrected chi connectivity index (χ2v) is 8.27. The van der Waals surface area contributed by atoms with Crippen LogP contribution in [0.3, 0.4) is 0 Å². The summed E-state index contributed by atoms with van der Waals surface area (Å²) in [5.74, 6) is 1.71. The number of carbonyl (C=O) groups excluding carboxylic acids is 1. The third-order valence-corrected chi connectivity index (χ3v) is 6.33. The van der Waals surface area contributed by atoms with Crippen LogP contribution in [-0.4, -0.2) is 37.2 Å². The first kappa shape index (κ1) is 15.2. The molecule has 0 aliphatic carbocycles. The molecule has 3 aliphatic heterocycles. The summed E-state index contributed by atoms with van der Waals surface area (Å²) in [5.41, 5.74) is 1.01. The van der Waals surface area contributed by atoms with Gasteiger partial charge >= 0.3 is 0 Å². The fourth-order valence-electron chi connectivity index (χ4n) is 4.24. The summed E-state index contributed by atoms with van der Waals surface area (Å²) >= 11 is 1.81. The predicted octanol–water partition coefficient (Wildman–Crippen LogP) is 3.11. The number of likely N-dealkylation sites (tertiary alicyclic amines) is 1.